The molecule has 7 nitrogen and oxygen atoms in total. The number of carbonyl (C=O) groups excluding carboxylic acids is 2. The van der Waals surface area contributed by atoms with Crippen LogP contribution in [0.1, 0.15) is 26.5 Å². The Bertz CT molecular complexity index is 1100. The number of esters is 1. The van der Waals surface area contributed by atoms with Gasteiger partial charge in [0.15, 0.2) is 0 Å². The first-order valence-corrected chi connectivity index (χ1v) is 8.85. The monoisotopic (exact) mass is 431 g/mol. The van der Waals surface area contributed by atoms with Crippen LogP contribution in [0.3, 0.4) is 0 Å². The van der Waals surface area contributed by atoms with E-state index in [4.69, 9.17) is 9.15 Å². The Hall–Kier alpha value is -4.01. The molecular weight excluding hydrogens is 412 g/mol. The Kier molecular flexibility index (Phi) is 8.01. The standard InChI is InChI=1S/C22H19F2NO6/c1-4-6-13(5-2)11-30-19-18(26)16(12-31-20(19)22(28)29-3)21(27)25-10-14-7-8-15(23)9-17(14)24/h4-9,12H,1-2,10-11H2,3H3,(H,25,27)/b13-6+. The molecule has 0 radical (unpaired) electrons. The summed E-state index contributed by atoms with van der Waals surface area (Å²) in [5, 5.41) is 2.33. The van der Waals surface area contributed by atoms with Crippen LogP contribution in [0.2, 0.25) is 0 Å². The number of amides is 1. The fourth-order valence-electron chi connectivity index (χ4n) is 2.39. The van der Waals surface area contributed by atoms with Gasteiger partial charge in [-0.15, -0.1) is 0 Å². The number of hydrogen-bond donors (Lipinski definition) is 1. The number of allylic oxidation sites excluding steroid dienone is 2. The van der Waals surface area contributed by atoms with Gasteiger partial charge in [-0.1, -0.05) is 37.5 Å². The predicted octanol–water partition coefficient (Wildman–Crippen LogP) is 3.31. The normalized spacial score (nSPS) is 10.9. The molecule has 0 atom stereocenters. The van der Waals surface area contributed by atoms with Crippen molar-refractivity contribution in [3.8, 4) is 5.75 Å². The van der Waals surface area contributed by atoms with Crippen LogP contribution in [-0.2, 0) is 11.3 Å². The molecule has 0 fully saturated rings. The van der Waals surface area contributed by atoms with Gasteiger partial charge < -0.3 is 19.2 Å². The smallest absolute Gasteiger partial charge is 0.378 e. The SMILES string of the molecule is C=C/C=C(\C=C)COc1c(C(=O)OC)occ(C(=O)NCc2ccc(F)cc2F)c1=O. The molecule has 0 aliphatic heterocycles. The zero-order chi connectivity index (χ0) is 23.0. The van der Waals surface area contributed by atoms with Gasteiger partial charge in [-0.3, -0.25) is 9.59 Å². The molecule has 0 spiro atoms. The van der Waals surface area contributed by atoms with E-state index in [1.54, 1.807) is 6.08 Å². The average molecular weight is 431 g/mol. The lowest BCUT2D eigenvalue weighted by Crippen LogP contribution is -2.30. The Labute approximate surface area is 176 Å². The first kappa shape index (κ1) is 23.3. The minimum absolute atomic E-state index is 0.00646. The fourth-order valence-corrected chi connectivity index (χ4v) is 2.39. The number of methoxy groups -OCH3 is 1. The summed E-state index contributed by atoms with van der Waals surface area (Å²) >= 11 is 0. The Morgan fingerprint density at radius 1 is 1.26 bits per heavy atom. The van der Waals surface area contributed by atoms with Gasteiger partial charge >= 0.3 is 5.97 Å². The first-order valence-electron chi connectivity index (χ1n) is 8.85. The lowest BCUT2D eigenvalue weighted by Gasteiger charge is -2.11. The summed E-state index contributed by atoms with van der Waals surface area (Å²) < 4.78 is 41.8. The third kappa shape index (κ3) is 5.75. The number of ether oxygens (including phenoxy) is 2. The summed E-state index contributed by atoms with van der Waals surface area (Å²) in [6.45, 7) is 6.64. The number of nitrogens with one attached hydrogen (secondary N) is 1. The molecule has 1 N–H and O–H groups in total. The van der Waals surface area contributed by atoms with Crippen molar-refractivity contribution in [2.75, 3.05) is 13.7 Å². The van der Waals surface area contributed by atoms with Crippen molar-refractivity contribution < 1.29 is 32.3 Å². The van der Waals surface area contributed by atoms with Crippen molar-refractivity contribution in [3.63, 3.8) is 0 Å². The topological polar surface area (TPSA) is 94.8 Å². The van der Waals surface area contributed by atoms with Crippen molar-refractivity contribution >= 4 is 11.9 Å². The molecule has 9 heteroatoms. The van der Waals surface area contributed by atoms with Gasteiger partial charge in [0.2, 0.25) is 11.2 Å². The van der Waals surface area contributed by atoms with Gasteiger partial charge in [0.05, 0.1) is 7.11 Å². The second kappa shape index (κ2) is 10.7. The maximum absolute atomic E-state index is 13.7. The zero-order valence-electron chi connectivity index (χ0n) is 16.6. The summed E-state index contributed by atoms with van der Waals surface area (Å²) in [5.41, 5.74) is -0.886. The van der Waals surface area contributed by atoms with E-state index in [0.717, 1.165) is 25.5 Å². The van der Waals surface area contributed by atoms with Crippen molar-refractivity contribution in [1.29, 1.82) is 0 Å². The summed E-state index contributed by atoms with van der Waals surface area (Å²) in [7, 11) is 1.08. The first-order chi connectivity index (χ1) is 14.8. The van der Waals surface area contributed by atoms with Crippen molar-refractivity contribution in [2.45, 2.75) is 6.54 Å². The van der Waals surface area contributed by atoms with E-state index in [1.807, 2.05) is 0 Å². The van der Waals surface area contributed by atoms with Crippen LogP contribution in [0.25, 0.3) is 0 Å². The van der Waals surface area contributed by atoms with E-state index in [9.17, 15) is 23.2 Å². The van der Waals surface area contributed by atoms with Crippen LogP contribution < -0.4 is 15.5 Å². The van der Waals surface area contributed by atoms with Crippen LogP contribution in [0.5, 0.6) is 5.75 Å². The van der Waals surface area contributed by atoms with Crippen LogP contribution in [0, 0.1) is 11.6 Å². The highest BCUT2D eigenvalue weighted by atomic mass is 19.1. The van der Waals surface area contributed by atoms with Gasteiger partial charge in [0, 0.05) is 18.2 Å². The highest BCUT2D eigenvalue weighted by Gasteiger charge is 2.25. The van der Waals surface area contributed by atoms with Crippen molar-refractivity contribution in [1.82, 2.24) is 5.32 Å². The molecule has 1 heterocycles. The summed E-state index contributed by atoms with van der Waals surface area (Å²) in [5.74, 6) is -4.59. The Morgan fingerprint density at radius 3 is 2.61 bits per heavy atom. The minimum Gasteiger partial charge on any atom is -0.481 e. The van der Waals surface area contributed by atoms with Crippen LogP contribution in [0.4, 0.5) is 8.78 Å². The van der Waals surface area contributed by atoms with E-state index >= 15 is 0 Å². The molecule has 2 aromatic rings. The van der Waals surface area contributed by atoms with Gasteiger partial charge in [0.1, 0.15) is 30.1 Å². The number of halogens is 2. The summed E-state index contributed by atoms with van der Waals surface area (Å²) in [4.78, 5) is 37.2. The quantitative estimate of drug-likeness (QED) is 0.484. The third-order valence-corrected chi connectivity index (χ3v) is 4.00. The van der Waals surface area contributed by atoms with E-state index < -0.39 is 46.0 Å². The molecule has 1 aromatic heterocycles. The number of rotatable bonds is 9. The molecule has 0 saturated carbocycles. The molecule has 0 bridgehead atoms. The second-order valence-corrected chi connectivity index (χ2v) is 6.02. The van der Waals surface area contributed by atoms with E-state index in [0.29, 0.717) is 11.6 Å². The number of hydrogen-bond acceptors (Lipinski definition) is 6. The van der Waals surface area contributed by atoms with E-state index in [2.05, 4.69) is 23.2 Å². The number of benzene rings is 1. The molecule has 31 heavy (non-hydrogen) atoms. The van der Waals surface area contributed by atoms with Crippen LogP contribution in [-0.4, -0.2) is 25.6 Å². The van der Waals surface area contributed by atoms with Gasteiger partial charge in [0.25, 0.3) is 11.7 Å². The zero-order valence-corrected chi connectivity index (χ0v) is 16.6. The third-order valence-electron chi connectivity index (χ3n) is 4.00. The highest BCUT2D eigenvalue weighted by Crippen LogP contribution is 2.18. The fraction of sp³-hybridized carbons (Fsp3) is 0.136. The average Bonchev–Trinajstić information content (AvgIpc) is 2.75. The van der Waals surface area contributed by atoms with Crippen LogP contribution >= 0.6 is 0 Å². The van der Waals surface area contributed by atoms with Gasteiger partial charge in [-0.05, 0) is 11.6 Å². The molecule has 1 aromatic carbocycles. The van der Waals surface area contributed by atoms with Gasteiger partial charge in [-0.2, -0.15) is 0 Å². The largest absolute Gasteiger partial charge is 0.481 e. The summed E-state index contributed by atoms with van der Waals surface area (Å²) in [6.07, 6.45) is 5.27. The molecule has 0 unspecified atom stereocenters. The van der Waals surface area contributed by atoms with Crippen LogP contribution in [0.15, 0.2) is 70.6 Å². The molecule has 1 amide bonds. The highest BCUT2D eigenvalue weighted by molar-refractivity contribution is 5.95. The Balaban J connectivity index is 2.32. The maximum atomic E-state index is 13.7. The summed E-state index contributed by atoms with van der Waals surface area (Å²) in [6, 6.07) is 2.86. The molecule has 2 rings (SSSR count). The van der Waals surface area contributed by atoms with E-state index in [-0.39, 0.29) is 18.7 Å². The number of carbonyl (C=O) groups is 2. The van der Waals surface area contributed by atoms with Gasteiger partial charge in [-0.25, -0.2) is 13.6 Å². The van der Waals surface area contributed by atoms with E-state index in [1.165, 1.54) is 12.2 Å². The molecule has 0 aliphatic carbocycles. The minimum atomic E-state index is -0.986. The van der Waals surface area contributed by atoms with Crippen molar-refractivity contribution in [3.05, 3.63) is 100 Å². The molecule has 162 valence electrons. The maximum Gasteiger partial charge on any atom is 0.378 e. The molecule has 0 aliphatic rings. The Morgan fingerprint density at radius 2 is 2.00 bits per heavy atom. The van der Waals surface area contributed by atoms with Crippen molar-refractivity contribution in [2.24, 2.45) is 0 Å². The lowest BCUT2D eigenvalue weighted by molar-refractivity contribution is 0.0553. The lowest BCUT2D eigenvalue weighted by atomic mass is 10.2. The second-order valence-electron chi connectivity index (χ2n) is 6.02. The molecule has 0 saturated heterocycles. The molecular formula is C22H19F2NO6. The predicted molar refractivity (Wildman–Crippen MR) is 108 cm³/mol.